The van der Waals surface area contributed by atoms with Crippen molar-refractivity contribution in [3.8, 4) is 6.07 Å². The van der Waals surface area contributed by atoms with Crippen molar-refractivity contribution < 1.29 is 13.7 Å². The van der Waals surface area contributed by atoms with Gasteiger partial charge in [0.2, 0.25) is 0 Å². The van der Waals surface area contributed by atoms with E-state index in [-0.39, 0.29) is 22.6 Å². The normalized spacial score (nSPS) is 9.85. The Bertz CT molecular complexity index is 726. The van der Waals surface area contributed by atoms with E-state index >= 15 is 0 Å². The summed E-state index contributed by atoms with van der Waals surface area (Å²) in [7, 11) is 0. The minimum Gasteiger partial charge on any atom is -0.352 e. The average molecular weight is 275 g/mol. The molecule has 0 radical (unpaired) electrons. The Kier molecular flexibility index (Phi) is 3.57. The van der Waals surface area contributed by atoms with Crippen molar-refractivity contribution in [1.82, 2.24) is 0 Å². The number of anilines is 2. The van der Waals surface area contributed by atoms with Gasteiger partial charge >= 0.3 is 0 Å². The van der Waals surface area contributed by atoms with Crippen molar-refractivity contribution in [2.45, 2.75) is 0 Å². The van der Waals surface area contributed by atoms with Crippen LogP contribution in [0.1, 0.15) is 5.56 Å². The third-order valence-corrected chi connectivity index (χ3v) is 2.53. The first-order valence-electron chi connectivity index (χ1n) is 5.42. The lowest BCUT2D eigenvalue weighted by Gasteiger charge is -2.09. The number of nitriles is 1. The second-order valence-corrected chi connectivity index (χ2v) is 3.85. The van der Waals surface area contributed by atoms with Gasteiger partial charge in [0.15, 0.2) is 0 Å². The fraction of sp³-hybridized carbons (Fsp3) is 0. The molecule has 0 aliphatic carbocycles. The first-order chi connectivity index (χ1) is 9.51. The van der Waals surface area contributed by atoms with Gasteiger partial charge in [0.1, 0.15) is 17.7 Å². The van der Waals surface area contributed by atoms with Crippen molar-refractivity contribution in [2.75, 3.05) is 5.32 Å². The van der Waals surface area contributed by atoms with E-state index in [0.29, 0.717) is 6.07 Å². The predicted octanol–water partition coefficient (Wildman–Crippen LogP) is 3.49. The Labute approximate surface area is 112 Å². The minimum atomic E-state index is -0.827. The summed E-state index contributed by atoms with van der Waals surface area (Å²) in [5.74, 6) is -1.55. The Morgan fingerprint density at radius 2 is 1.85 bits per heavy atom. The van der Waals surface area contributed by atoms with Gasteiger partial charge in [-0.15, -0.1) is 0 Å². The standard InChI is InChI=1S/C13H7F2N3O2/c14-9-1-3-13(11(15)6-9)17-12-4-2-10(18(19)20)5-8(12)7-16/h1-6,17H. The maximum absolute atomic E-state index is 13.5. The molecule has 0 saturated heterocycles. The number of nitro benzene ring substituents is 1. The molecule has 0 unspecified atom stereocenters. The van der Waals surface area contributed by atoms with Crippen LogP contribution in [0.15, 0.2) is 36.4 Å². The molecule has 0 amide bonds. The maximum Gasteiger partial charge on any atom is 0.270 e. The monoisotopic (exact) mass is 275 g/mol. The van der Waals surface area contributed by atoms with Crippen LogP contribution in [-0.4, -0.2) is 4.92 Å². The minimum absolute atomic E-state index is 0.0112. The summed E-state index contributed by atoms with van der Waals surface area (Å²) in [5.41, 5.74) is -0.0880. The highest BCUT2D eigenvalue weighted by atomic mass is 19.1. The van der Waals surface area contributed by atoms with Crippen LogP contribution in [0.2, 0.25) is 0 Å². The Balaban J connectivity index is 2.39. The molecule has 7 heteroatoms. The lowest BCUT2D eigenvalue weighted by Crippen LogP contribution is -1.98. The molecule has 0 bridgehead atoms. The van der Waals surface area contributed by atoms with Gasteiger partial charge in [-0.25, -0.2) is 8.78 Å². The van der Waals surface area contributed by atoms with E-state index in [1.165, 1.54) is 18.2 Å². The zero-order valence-corrected chi connectivity index (χ0v) is 9.93. The molecule has 0 saturated carbocycles. The van der Waals surface area contributed by atoms with Crippen molar-refractivity contribution in [2.24, 2.45) is 0 Å². The second kappa shape index (κ2) is 5.32. The van der Waals surface area contributed by atoms with Gasteiger partial charge in [0.25, 0.3) is 5.69 Å². The van der Waals surface area contributed by atoms with Crippen molar-refractivity contribution in [1.29, 1.82) is 5.26 Å². The molecule has 0 heterocycles. The average Bonchev–Trinajstić information content (AvgIpc) is 2.42. The Hall–Kier alpha value is -3.01. The molecule has 2 rings (SSSR count). The Morgan fingerprint density at radius 3 is 2.45 bits per heavy atom. The highest BCUT2D eigenvalue weighted by Gasteiger charge is 2.12. The number of benzene rings is 2. The van der Waals surface area contributed by atoms with Crippen LogP contribution in [0, 0.1) is 33.1 Å². The van der Waals surface area contributed by atoms with Crippen LogP contribution < -0.4 is 5.32 Å². The molecule has 0 aliphatic rings. The molecule has 2 aromatic rings. The van der Waals surface area contributed by atoms with Gasteiger partial charge in [-0.05, 0) is 18.2 Å². The molecular formula is C13H7F2N3O2. The molecule has 5 nitrogen and oxygen atoms in total. The number of halogens is 2. The summed E-state index contributed by atoms with van der Waals surface area (Å²) in [6.07, 6.45) is 0. The van der Waals surface area contributed by atoms with Gasteiger partial charge in [-0.2, -0.15) is 5.26 Å². The van der Waals surface area contributed by atoms with Crippen LogP contribution in [0.5, 0.6) is 0 Å². The highest BCUT2D eigenvalue weighted by Crippen LogP contribution is 2.26. The molecule has 2 aromatic carbocycles. The molecule has 0 atom stereocenters. The van der Waals surface area contributed by atoms with Gasteiger partial charge in [0, 0.05) is 18.2 Å². The number of nitrogens with zero attached hydrogens (tertiary/aromatic N) is 2. The summed E-state index contributed by atoms with van der Waals surface area (Å²) in [6, 6.07) is 8.25. The number of non-ortho nitro benzene ring substituents is 1. The van der Waals surface area contributed by atoms with Crippen LogP contribution in [0.4, 0.5) is 25.8 Å². The summed E-state index contributed by atoms with van der Waals surface area (Å²) >= 11 is 0. The summed E-state index contributed by atoms with van der Waals surface area (Å²) in [4.78, 5) is 9.97. The lowest BCUT2D eigenvalue weighted by atomic mass is 10.1. The van der Waals surface area contributed by atoms with E-state index in [9.17, 15) is 18.9 Å². The van der Waals surface area contributed by atoms with Crippen molar-refractivity contribution >= 4 is 17.1 Å². The molecule has 0 fully saturated rings. The van der Waals surface area contributed by atoms with E-state index in [1.807, 2.05) is 0 Å². The van der Waals surface area contributed by atoms with Gasteiger partial charge in [-0.3, -0.25) is 10.1 Å². The van der Waals surface area contributed by atoms with Crippen LogP contribution in [0.3, 0.4) is 0 Å². The molecular weight excluding hydrogens is 268 g/mol. The number of hydrogen-bond acceptors (Lipinski definition) is 4. The van der Waals surface area contributed by atoms with Crippen LogP contribution in [0.25, 0.3) is 0 Å². The van der Waals surface area contributed by atoms with E-state index in [2.05, 4.69) is 5.32 Å². The summed E-state index contributed by atoms with van der Waals surface area (Å²) < 4.78 is 26.3. The first-order valence-corrected chi connectivity index (χ1v) is 5.42. The lowest BCUT2D eigenvalue weighted by molar-refractivity contribution is -0.384. The van der Waals surface area contributed by atoms with Crippen molar-refractivity contribution in [3.63, 3.8) is 0 Å². The molecule has 0 aromatic heterocycles. The number of nitro groups is 1. The summed E-state index contributed by atoms with van der Waals surface area (Å²) in [6.45, 7) is 0. The first kappa shape index (κ1) is 13.4. The van der Waals surface area contributed by atoms with Gasteiger partial charge < -0.3 is 5.32 Å². The fourth-order valence-corrected chi connectivity index (χ4v) is 1.58. The largest absolute Gasteiger partial charge is 0.352 e. The predicted molar refractivity (Wildman–Crippen MR) is 67.5 cm³/mol. The molecule has 0 aliphatic heterocycles. The highest BCUT2D eigenvalue weighted by molar-refractivity contribution is 5.68. The number of rotatable bonds is 3. The third-order valence-electron chi connectivity index (χ3n) is 2.53. The van der Waals surface area contributed by atoms with Crippen molar-refractivity contribution in [3.05, 3.63) is 63.7 Å². The molecule has 1 N–H and O–H groups in total. The quantitative estimate of drug-likeness (QED) is 0.687. The van der Waals surface area contributed by atoms with Gasteiger partial charge in [0.05, 0.1) is 21.9 Å². The topological polar surface area (TPSA) is 79.0 Å². The Morgan fingerprint density at radius 1 is 1.15 bits per heavy atom. The zero-order valence-electron chi connectivity index (χ0n) is 9.93. The van der Waals surface area contributed by atoms with Gasteiger partial charge in [-0.1, -0.05) is 0 Å². The second-order valence-electron chi connectivity index (χ2n) is 3.85. The van der Waals surface area contributed by atoms with E-state index in [4.69, 9.17) is 5.26 Å². The summed E-state index contributed by atoms with van der Waals surface area (Å²) in [5, 5.41) is 22.2. The van der Waals surface area contributed by atoms with E-state index < -0.39 is 16.6 Å². The van der Waals surface area contributed by atoms with Crippen LogP contribution in [-0.2, 0) is 0 Å². The molecule has 20 heavy (non-hydrogen) atoms. The maximum atomic E-state index is 13.5. The SMILES string of the molecule is N#Cc1cc([N+](=O)[O-])ccc1Nc1ccc(F)cc1F. The number of nitrogens with one attached hydrogen (secondary N) is 1. The molecule has 0 spiro atoms. The fourth-order valence-electron chi connectivity index (χ4n) is 1.58. The third kappa shape index (κ3) is 2.70. The number of hydrogen-bond donors (Lipinski definition) is 1. The van der Waals surface area contributed by atoms with Crippen LogP contribution >= 0.6 is 0 Å². The smallest absolute Gasteiger partial charge is 0.270 e. The van der Waals surface area contributed by atoms with E-state index in [0.717, 1.165) is 12.1 Å². The molecule has 100 valence electrons. The zero-order chi connectivity index (χ0) is 14.7. The van der Waals surface area contributed by atoms with E-state index in [1.54, 1.807) is 6.07 Å².